The van der Waals surface area contributed by atoms with Gasteiger partial charge in [-0.2, -0.15) is 10.0 Å². The molecule has 2 aliphatic rings. The minimum absolute atomic E-state index is 0.0547. The summed E-state index contributed by atoms with van der Waals surface area (Å²) < 4.78 is 40.7. The Morgan fingerprint density at radius 2 is 1.79 bits per heavy atom. The zero-order valence-corrected chi connectivity index (χ0v) is 13.5. The molecule has 1 aromatic carbocycles. The molecular weight excluding hydrogens is 319 g/mol. The molecule has 1 saturated heterocycles. The van der Waals surface area contributed by atoms with Gasteiger partial charge in [0.25, 0.3) is 5.91 Å². The van der Waals surface area contributed by atoms with Crippen LogP contribution in [0.1, 0.15) is 32.3 Å². The van der Waals surface area contributed by atoms with Gasteiger partial charge in [0.1, 0.15) is 11.4 Å². The van der Waals surface area contributed by atoms with E-state index in [1.54, 1.807) is 24.1 Å². The van der Waals surface area contributed by atoms with Crippen molar-refractivity contribution in [1.82, 2.24) is 10.0 Å². The highest BCUT2D eigenvalue weighted by Gasteiger charge is 2.49. The maximum absolute atomic E-state index is 13.7. The number of rotatable bonds is 2. The minimum atomic E-state index is -1.54. The minimum Gasteiger partial charge on any atom is -0.288 e. The molecule has 0 bridgehead atoms. The summed E-state index contributed by atoms with van der Waals surface area (Å²) in [6, 6.07) is 1.75. The van der Waals surface area contributed by atoms with Gasteiger partial charge in [0.2, 0.25) is 0 Å². The molecule has 0 radical (unpaired) electrons. The van der Waals surface area contributed by atoms with Crippen LogP contribution < -0.4 is 0 Å². The van der Waals surface area contributed by atoms with Gasteiger partial charge in [-0.1, -0.05) is 6.08 Å². The fraction of sp³-hybridized carbons (Fsp3) is 0.412. The lowest BCUT2D eigenvalue weighted by atomic mass is 9.88. The van der Waals surface area contributed by atoms with Crippen molar-refractivity contribution >= 4 is 11.7 Å². The Kier molecular flexibility index (Phi) is 4.21. The van der Waals surface area contributed by atoms with Crippen molar-refractivity contribution in [1.29, 1.82) is 0 Å². The van der Waals surface area contributed by atoms with E-state index in [2.05, 4.69) is 4.99 Å². The number of hydrogen-bond acceptors (Lipinski definition) is 3. The van der Waals surface area contributed by atoms with Gasteiger partial charge in [-0.15, -0.1) is 0 Å². The Balaban J connectivity index is 2.16. The molecule has 0 saturated carbocycles. The van der Waals surface area contributed by atoms with Crippen LogP contribution in [0, 0.1) is 17.5 Å². The first kappa shape index (κ1) is 16.7. The van der Waals surface area contributed by atoms with Crippen LogP contribution in [0.4, 0.5) is 13.2 Å². The number of allylic oxidation sites excluding steroid dienone is 1. The number of halogens is 3. The van der Waals surface area contributed by atoms with Crippen molar-refractivity contribution in [3.8, 4) is 0 Å². The second-order valence-electron chi connectivity index (χ2n) is 6.05. The number of amidine groups is 1. The Hall–Kier alpha value is -2.15. The number of hydrazine groups is 1. The molecule has 7 heteroatoms. The van der Waals surface area contributed by atoms with E-state index in [9.17, 15) is 18.0 Å². The van der Waals surface area contributed by atoms with Gasteiger partial charge in [-0.3, -0.25) is 9.80 Å². The number of fused-ring (bicyclic) bond motifs is 1. The molecule has 4 nitrogen and oxygen atoms in total. The molecule has 1 aromatic rings. The lowest BCUT2D eigenvalue weighted by Gasteiger charge is -2.51. The van der Waals surface area contributed by atoms with Crippen LogP contribution in [0.5, 0.6) is 0 Å². The Labute approximate surface area is 138 Å². The van der Waals surface area contributed by atoms with Gasteiger partial charge in [0.05, 0.1) is 0 Å². The molecule has 24 heavy (non-hydrogen) atoms. The molecule has 2 aliphatic heterocycles. The molecule has 1 amide bonds. The quantitative estimate of drug-likeness (QED) is 0.778. The summed E-state index contributed by atoms with van der Waals surface area (Å²) in [5.74, 6) is -4.20. The van der Waals surface area contributed by atoms with E-state index >= 15 is 0 Å². The van der Waals surface area contributed by atoms with E-state index in [1.807, 2.05) is 11.9 Å². The number of carbonyl (C=O) groups excluding carboxylic acids is 1. The summed E-state index contributed by atoms with van der Waals surface area (Å²) in [7, 11) is 0. The summed E-state index contributed by atoms with van der Waals surface area (Å²) in [6.07, 6.45) is 5.26. The van der Waals surface area contributed by atoms with Crippen molar-refractivity contribution in [3.05, 3.63) is 47.3 Å². The van der Waals surface area contributed by atoms with Crippen LogP contribution in [-0.4, -0.2) is 34.9 Å². The Morgan fingerprint density at radius 3 is 2.42 bits per heavy atom. The van der Waals surface area contributed by atoms with E-state index in [-0.39, 0.29) is 5.56 Å². The summed E-state index contributed by atoms with van der Waals surface area (Å²) in [5.41, 5.74) is -1.32. The number of hydrogen-bond donors (Lipinski definition) is 0. The predicted molar refractivity (Wildman–Crippen MR) is 83.6 cm³/mol. The molecular formula is C17H18F3N3O. The number of aliphatic imine (C=N–C) groups is 1. The van der Waals surface area contributed by atoms with E-state index in [0.29, 0.717) is 18.9 Å². The topological polar surface area (TPSA) is 35.9 Å². The first-order valence-corrected chi connectivity index (χ1v) is 7.85. The van der Waals surface area contributed by atoms with Crippen molar-refractivity contribution < 1.29 is 18.0 Å². The molecule has 1 unspecified atom stereocenters. The third-order valence-corrected chi connectivity index (χ3v) is 4.56. The second-order valence-corrected chi connectivity index (χ2v) is 6.05. The summed E-state index contributed by atoms with van der Waals surface area (Å²) in [5, 5.41) is 3.62. The fourth-order valence-electron chi connectivity index (χ4n) is 3.23. The number of carbonyl (C=O) groups is 1. The number of benzene rings is 1. The van der Waals surface area contributed by atoms with Crippen LogP contribution in [0.2, 0.25) is 0 Å². The Bertz CT molecular complexity index is 724. The smallest absolute Gasteiger partial charge is 0.274 e. The van der Waals surface area contributed by atoms with E-state index < -0.39 is 28.9 Å². The molecule has 128 valence electrons. The summed E-state index contributed by atoms with van der Waals surface area (Å²) >= 11 is 0. The highest BCUT2D eigenvalue weighted by atomic mass is 19.2. The molecule has 0 spiro atoms. The van der Waals surface area contributed by atoms with Gasteiger partial charge >= 0.3 is 0 Å². The molecule has 2 heterocycles. The van der Waals surface area contributed by atoms with Crippen LogP contribution >= 0.6 is 0 Å². The normalized spacial score (nSPS) is 25.1. The van der Waals surface area contributed by atoms with Crippen LogP contribution in [-0.2, 0) is 10.3 Å². The summed E-state index contributed by atoms with van der Waals surface area (Å²) in [6.45, 7) is 4.58. The van der Waals surface area contributed by atoms with Crippen molar-refractivity contribution in [2.75, 3.05) is 13.1 Å². The first-order chi connectivity index (χ1) is 11.4. The molecule has 0 N–H and O–H groups in total. The highest BCUT2D eigenvalue weighted by molar-refractivity contribution is 6.05. The lowest BCUT2D eigenvalue weighted by molar-refractivity contribution is -0.148. The Morgan fingerprint density at radius 1 is 1.17 bits per heavy atom. The van der Waals surface area contributed by atoms with Gasteiger partial charge in [0, 0.05) is 13.1 Å². The van der Waals surface area contributed by atoms with E-state index in [4.69, 9.17) is 0 Å². The lowest BCUT2D eigenvalue weighted by Crippen LogP contribution is -2.64. The van der Waals surface area contributed by atoms with E-state index in [1.165, 1.54) is 0 Å². The first-order valence-electron chi connectivity index (χ1n) is 7.85. The second kappa shape index (κ2) is 6.05. The van der Waals surface area contributed by atoms with Gasteiger partial charge in [-0.25, -0.2) is 13.2 Å². The van der Waals surface area contributed by atoms with Crippen LogP contribution in [0.15, 0.2) is 29.3 Å². The highest BCUT2D eigenvalue weighted by Crippen LogP contribution is 2.37. The monoisotopic (exact) mass is 337 g/mol. The molecule has 0 aromatic heterocycles. The van der Waals surface area contributed by atoms with Gasteiger partial charge in [0.15, 0.2) is 17.5 Å². The molecule has 3 rings (SSSR count). The molecule has 1 atom stereocenters. The van der Waals surface area contributed by atoms with E-state index in [0.717, 1.165) is 25.0 Å². The average molecular weight is 337 g/mol. The summed E-state index contributed by atoms with van der Waals surface area (Å²) in [4.78, 5) is 16.8. The van der Waals surface area contributed by atoms with Crippen LogP contribution in [0.25, 0.3) is 0 Å². The molecule has 0 aliphatic carbocycles. The van der Waals surface area contributed by atoms with Gasteiger partial charge < -0.3 is 0 Å². The van der Waals surface area contributed by atoms with Crippen molar-refractivity contribution in [2.24, 2.45) is 4.99 Å². The van der Waals surface area contributed by atoms with Crippen molar-refractivity contribution in [3.63, 3.8) is 0 Å². The standard InChI is InChI=1S/C17H18F3N3O/c1-3-6-14-21-16(24)17(2,23-8-5-4-7-22(14)23)11-9-12(18)15(20)13(19)10-11/h3,6,9-10H,4-5,7-8H2,1-2H3/b6-3+. The largest absolute Gasteiger partial charge is 0.288 e. The van der Waals surface area contributed by atoms with Crippen LogP contribution in [0.3, 0.4) is 0 Å². The third-order valence-electron chi connectivity index (χ3n) is 4.56. The number of amides is 1. The van der Waals surface area contributed by atoms with Gasteiger partial charge in [-0.05, 0) is 50.5 Å². The number of nitrogens with zero attached hydrogens (tertiary/aromatic N) is 3. The maximum atomic E-state index is 13.7. The fourth-order valence-corrected chi connectivity index (χ4v) is 3.23. The predicted octanol–water partition coefficient (Wildman–Crippen LogP) is 3.15. The zero-order chi connectivity index (χ0) is 17.5. The zero-order valence-electron chi connectivity index (χ0n) is 13.5. The van der Waals surface area contributed by atoms with Crippen molar-refractivity contribution in [2.45, 2.75) is 32.2 Å². The average Bonchev–Trinajstić information content (AvgIpc) is 2.57. The third kappa shape index (κ3) is 2.43. The molecule has 1 fully saturated rings. The maximum Gasteiger partial charge on any atom is 0.274 e. The SMILES string of the molecule is C/C=C/C1=NC(=O)C(C)(c2cc(F)c(F)c(F)c2)N2CCCCN12.